The van der Waals surface area contributed by atoms with Crippen LogP contribution in [0.5, 0.6) is 5.75 Å². The Morgan fingerprint density at radius 2 is 1.84 bits per heavy atom. The SMILES string of the molecule is CC(=O)OC[C@@]1(C)[C@@H]2C[C@H](OC(=O)c3ccc([N+](=O)[O-])c(F)c3)[C@@]3(C)Oc4cc(-c5cccnc5)oc(=O)c4[C@H](O)[C@@H]3[C@@]2(C)CC[C@@H]1OC(C)=O. The Morgan fingerprint density at radius 3 is 2.47 bits per heavy atom. The van der Waals surface area contributed by atoms with Crippen LogP contribution in [0.25, 0.3) is 11.3 Å². The van der Waals surface area contributed by atoms with E-state index in [4.69, 9.17) is 23.4 Å². The summed E-state index contributed by atoms with van der Waals surface area (Å²) in [7, 11) is 0. The Morgan fingerprint density at radius 1 is 1.10 bits per heavy atom. The lowest BCUT2D eigenvalue weighted by Gasteiger charge is -2.66. The molecule has 2 saturated carbocycles. The lowest BCUT2D eigenvalue weighted by atomic mass is 9.42. The first-order valence-electron chi connectivity index (χ1n) is 16.4. The minimum atomic E-state index is -1.54. The van der Waals surface area contributed by atoms with Gasteiger partial charge in [0.2, 0.25) is 5.82 Å². The molecule has 3 heterocycles. The lowest BCUT2D eigenvalue weighted by Crippen LogP contribution is -2.71. The zero-order valence-corrected chi connectivity index (χ0v) is 28.5. The molecule has 1 aromatic carbocycles. The van der Waals surface area contributed by atoms with Gasteiger partial charge < -0.3 is 28.5 Å². The number of hydrogen-bond donors (Lipinski definition) is 1. The van der Waals surface area contributed by atoms with Crippen LogP contribution in [0, 0.1) is 38.6 Å². The summed E-state index contributed by atoms with van der Waals surface area (Å²) in [6.45, 7) is 7.66. The number of pyridine rings is 1. The first kappa shape index (κ1) is 35.6. The molecule has 1 aliphatic heterocycles. The molecule has 2 fully saturated rings. The van der Waals surface area contributed by atoms with Crippen molar-refractivity contribution in [2.24, 2.45) is 22.7 Å². The highest BCUT2D eigenvalue weighted by molar-refractivity contribution is 5.90. The zero-order valence-electron chi connectivity index (χ0n) is 28.5. The first-order valence-corrected chi connectivity index (χ1v) is 16.4. The van der Waals surface area contributed by atoms with Crippen LogP contribution in [0.15, 0.2) is 58.0 Å². The highest BCUT2D eigenvalue weighted by Gasteiger charge is 2.71. The third-order valence-electron chi connectivity index (χ3n) is 11.1. The van der Waals surface area contributed by atoms with E-state index in [1.54, 1.807) is 32.2 Å². The Bertz CT molecular complexity index is 1970. The average Bonchev–Trinajstić information content (AvgIpc) is 3.05. The highest BCUT2D eigenvalue weighted by atomic mass is 19.1. The fourth-order valence-electron chi connectivity index (χ4n) is 8.82. The van der Waals surface area contributed by atoms with Crippen molar-refractivity contribution in [3.05, 3.63) is 86.3 Å². The third kappa shape index (κ3) is 6.02. The van der Waals surface area contributed by atoms with Crippen molar-refractivity contribution in [3.8, 4) is 17.1 Å². The molecule has 0 radical (unpaired) electrons. The van der Waals surface area contributed by atoms with Gasteiger partial charge >= 0.3 is 29.2 Å². The number of hydrogen-bond acceptors (Lipinski definition) is 13. The Kier molecular flexibility index (Phi) is 8.98. The number of nitro groups is 1. The molecule has 2 aliphatic carbocycles. The van der Waals surface area contributed by atoms with Gasteiger partial charge in [-0.1, -0.05) is 13.8 Å². The van der Waals surface area contributed by atoms with E-state index in [1.165, 1.54) is 26.1 Å². The van der Waals surface area contributed by atoms with Crippen molar-refractivity contribution in [2.75, 3.05) is 6.61 Å². The van der Waals surface area contributed by atoms with E-state index in [9.17, 15) is 38.8 Å². The summed E-state index contributed by atoms with van der Waals surface area (Å²) in [5.74, 6) is -4.86. The van der Waals surface area contributed by atoms with Gasteiger partial charge in [-0.05, 0) is 61.8 Å². The number of ether oxygens (including phenoxy) is 4. The van der Waals surface area contributed by atoms with Gasteiger partial charge in [0, 0.05) is 55.3 Å². The maximum absolute atomic E-state index is 14.7. The number of nitro benzene ring substituents is 1. The molecular formula is C36H37FN2O12. The predicted molar refractivity (Wildman–Crippen MR) is 174 cm³/mol. The van der Waals surface area contributed by atoms with Gasteiger partial charge in [0.1, 0.15) is 41.5 Å². The van der Waals surface area contributed by atoms with Crippen LogP contribution in [0.3, 0.4) is 0 Å². The van der Waals surface area contributed by atoms with Crippen molar-refractivity contribution in [1.29, 1.82) is 0 Å². The summed E-state index contributed by atoms with van der Waals surface area (Å²) >= 11 is 0. The maximum Gasteiger partial charge on any atom is 0.345 e. The number of carbonyl (C=O) groups is 3. The normalized spacial score (nSPS) is 30.8. The van der Waals surface area contributed by atoms with E-state index in [1.807, 2.05) is 6.92 Å². The number of rotatable bonds is 7. The molecule has 270 valence electrons. The monoisotopic (exact) mass is 708 g/mol. The van der Waals surface area contributed by atoms with Crippen LogP contribution in [-0.4, -0.2) is 57.3 Å². The Labute approximate surface area is 291 Å². The van der Waals surface area contributed by atoms with Crippen LogP contribution in [0.1, 0.15) is 75.9 Å². The molecule has 3 aromatic rings. The molecule has 14 nitrogen and oxygen atoms in total. The summed E-state index contributed by atoms with van der Waals surface area (Å²) in [5, 5.41) is 23.5. The number of aliphatic hydroxyl groups excluding tert-OH is 1. The van der Waals surface area contributed by atoms with E-state index in [0.717, 1.165) is 12.1 Å². The molecule has 0 bridgehead atoms. The van der Waals surface area contributed by atoms with Crippen LogP contribution in [0.4, 0.5) is 10.1 Å². The minimum Gasteiger partial charge on any atom is -0.482 e. The number of nitrogens with zero attached hydrogens (tertiary/aromatic N) is 2. The van der Waals surface area contributed by atoms with Crippen LogP contribution in [-0.2, 0) is 23.8 Å². The van der Waals surface area contributed by atoms with Gasteiger partial charge in [0.25, 0.3) is 0 Å². The third-order valence-corrected chi connectivity index (χ3v) is 11.1. The molecule has 51 heavy (non-hydrogen) atoms. The fourth-order valence-corrected chi connectivity index (χ4v) is 8.82. The second kappa shape index (κ2) is 12.9. The Hall–Kier alpha value is -5.18. The van der Waals surface area contributed by atoms with Crippen LogP contribution in [0.2, 0.25) is 0 Å². The van der Waals surface area contributed by atoms with E-state index in [2.05, 4.69) is 4.98 Å². The summed E-state index contributed by atoms with van der Waals surface area (Å²) in [5.41, 5.74) is -5.22. The minimum absolute atomic E-state index is 0.00268. The molecule has 2 aromatic heterocycles. The standard InChI is InChI=1S/C36H37FN2O12/c1-18(40)47-17-35(4)26-15-28(50-32(43)20-8-9-23(39(45)46)22(37)13-20)36(5)31(34(26,3)11-10-27(35)48-19(2)41)30(42)29-25(51-36)14-24(49-33(29)44)21-7-6-12-38-16-21/h6-9,12-14,16,26-28,30-31,42H,10-11,15,17H2,1-5H3/t26-,27+,28+,30+,31-,34+,35+,36-/m1/s1. The molecule has 0 saturated heterocycles. The van der Waals surface area contributed by atoms with E-state index in [0.29, 0.717) is 24.5 Å². The van der Waals surface area contributed by atoms with Crippen molar-refractivity contribution in [1.82, 2.24) is 4.98 Å². The van der Waals surface area contributed by atoms with Crippen LogP contribution < -0.4 is 10.4 Å². The smallest absolute Gasteiger partial charge is 0.345 e. The van der Waals surface area contributed by atoms with Gasteiger partial charge in [0.15, 0.2) is 0 Å². The molecule has 1 N–H and O–H groups in total. The second-order valence-electron chi connectivity index (χ2n) is 14.2. The molecule has 0 spiro atoms. The number of aliphatic hydroxyl groups is 1. The predicted octanol–water partition coefficient (Wildman–Crippen LogP) is 5.10. The maximum atomic E-state index is 14.7. The molecular weight excluding hydrogens is 671 g/mol. The number of carbonyl (C=O) groups excluding carboxylic acids is 3. The van der Waals surface area contributed by atoms with Gasteiger partial charge in [-0.2, -0.15) is 4.39 Å². The number of aromatic nitrogens is 1. The van der Waals surface area contributed by atoms with E-state index >= 15 is 0 Å². The zero-order chi connectivity index (χ0) is 37.0. The van der Waals surface area contributed by atoms with E-state index < -0.39 is 86.5 Å². The van der Waals surface area contributed by atoms with Gasteiger partial charge in [-0.3, -0.25) is 24.7 Å². The van der Waals surface area contributed by atoms with Gasteiger partial charge in [-0.25, -0.2) is 9.59 Å². The summed E-state index contributed by atoms with van der Waals surface area (Å²) < 4.78 is 44.4. The molecule has 0 unspecified atom stereocenters. The molecule has 15 heteroatoms. The van der Waals surface area contributed by atoms with Gasteiger partial charge in [-0.15, -0.1) is 0 Å². The van der Waals surface area contributed by atoms with Gasteiger partial charge in [0.05, 0.1) is 16.6 Å². The van der Waals surface area contributed by atoms with Crippen LogP contribution >= 0.6 is 0 Å². The van der Waals surface area contributed by atoms with Crippen molar-refractivity contribution >= 4 is 23.6 Å². The second-order valence-corrected chi connectivity index (χ2v) is 14.2. The first-order chi connectivity index (χ1) is 24.0. The lowest BCUT2D eigenvalue weighted by molar-refractivity contribution is -0.387. The summed E-state index contributed by atoms with van der Waals surface area (Å²) in [6.07, 6.45) is 0.235. The van der Waals surface area contributed by atoms with Crippen molar-refractivity contribution < 1.29 is 52.2 Å². The average molecular weight is 709 g/mol. The molecule has 3 aliphatic rings. The quantitative estimate of drug-likeness (QED) is 0.148. The topological polar surface area (TPSA) is 195 Å². The molecule has 6 rings (SSSR count). The number of benzene rings is 1. The number of esters is 3. The number of fused-ring (bicyclic) bond motifs is 4. The van der Waals surface area contributed by atoms with Crippen molar-refractivity contribution in [2.45, 2.75) is 77.8 Å². The van der Waals surface area contributed by atoms with E-state index in [-0.39, 0.29) is 35.7 Å². The largest absolute Gasteiger partial charge is 0.482 e. The number of halogens is 1. The fraction of sp³-hybridized carbons (Fsp3) is 0.472. The Balaban J connectivity index is 1.50. The molecule has 0 amide bonds. The highest BCUT2D eigenvalue weighted by Crippen LogP contribution is 2.67. The summed E-state index contributed by atoms with van der Waals surface area (Å²) in [4.78, 5) is 66.1. The molecule has 8 atom stereocenters. The van der Waals surface area contributed by atoms with Crippen molar-refractivity contribution in [3.63, 3.8) is 0 Å². The summed E-state index contributed by atoms with van der Waals surface area (Å²) in [6, 6.07) is 7.40.